The second-order valence-electron chi connectivity index (χ2n) is 6.65. The maximum absolute atomic E-state index is 4.20. The Bertz CT molecular complexity index is 883. The van der Waals surface area contributed by atoms with E-state index in [4.69, 9.17) is 0 Å². The van der Waals surface area contributed by atoms with Crippen molar-refractivity contribution in [1.29, 1.82) is 0 Å². The van der Waals surface area contributed by atoms with Crippen molar-refractivity contribution in [3.63, 3.8) is 0 Å². The van der Waals surface area contributed by atoms with Crippen LogP contribution in [0, 0.1) is 20.8 Å². The minimum Gasteiger partial charge on any atom is -0.346 e. The molecule has 1 aliphatic rings. The average molecular weight is 319 g/mol. The Kier molecular flexibility index (Phi) is 3.56. The number of anilines is 1. The SMILES string of the molecule is Cc1cccc(C2CC(c3ccc(C)c(C)c3)Nc3nnnn32)c1. The van der Waals surface area contributed by atoms with Crippen LogP contribution in [0.15, 0.2) is 42.5 Å². The van der Waals surface area contributed by atoms with E-state index in [0.717, 1.165) is 12.4 Å². The van der Waals surface area contributed by atoms with Crippen molar-refractivity contribution in [3.05, 3.63) is 70.3 Å². The monoisotopic (exact) mass is 319 g/mol. The van der Waals surface area contributed by atoms with E-state index in [1.54, 1.807) is 0 Å². The van der Waals surface area contributed by atoms with Crippen molar-refractivity contribution in [2.24, 2.45) is 0 Å². The first-order chi connectivity index (χ1) is 11.6. The molecule has 5 nitrogen and oxygen atoms in total. The fourth-order valence-corrected chi connectivity index (χ4v) is 3.39. The van der Waals surface area contributed by atoms with Gasteiger partial charge in [-0.2, -0.15) is 0 Å². The smallest absolute Gasteiger partial charge is 0.243 e. The van der Waals surface area contributed by atoms with Crippen LogP contribution in [0.4, 0.5) is 5.95 Å². The van der Waals surface area contributed by atoms with Crippen molar-refractivity contribution < 1.29 is 0 Å². The van der Waals surface area contributed by atoms with Gasteiger partial charge in [-0.05, 0) is 59.9 Å². The molecule has 0 saturated heterocycles. The van der Waals surface area contributed by atoms with Gasteiger partial charge in [0.25, 0.3) is 0 Å². The van der Waals surface area contributed by atoms with Gasteiger partial charge >= 0.3 is 0 Å². The molecule has 2 heterocycles. The minimum atomic E-state index is 0.141. The largest absolute Gasteiger partial charge is 0.346 e. The van der Waals surface area contributed by atoms with E-state index in [1.165, 1.54) is 27.8 Å². The second-order valence-corrected chi connectivity index (χ2v) is 6.65. The Morgan fingerprint density at radius 2 is 1.88 bits per heavy atom. The lowest BCUT2D eigenvalue weighted by molar-refractivity contribution is 0.423. The molecule has 24 heavy (non-hydrogen) atoms. The van der Waals surface area contributed by atoms with E-state index in [2.05, 4.69) is 84.1 Å². The van der Waals surface area contributed by atoms with Gasteiger partial charge in [0.2, 0.25) is 5.95 Å². The number of nitrogens with zero attached hydrogens (tertiary/aromatic N) is 4. The predicted molar refractivity (Wildman–Crippen MR) is 94.0 cm³/mol. The summed E-state index contributed by atoms with van der Waals surface area (Å²) in [5.74, 6) is 0.732. The maximum atomic E-state index is 4.20. The molecule has 2 unspecified atom stereocenters. The molecular formula is C19H21N5. The van der Waals surface area contributed by atoms with Gasteiger partial charge in [0.05, 0.1) is 12.1 Å². The Balaban J connectivity index is 1.74. The highest BCUT2D eigenvalue weighted by Crippen LogP contribution is 2.37. The molecule has 5 heteroatoms. The van der Waals surface area contributed by atoms with Gasteiger partial charge in [0.15, 0.2) is 0 Å². The number of aromatic nitrogens is 4. The van der Waals surface area contributed by atoms with Crippen molar-refractivity contribution in [1.82, 2.24) is 20.2 Å². The number of hydrogen-bond acceptors (Lipinski definition) is 4. The zero-order chi connectivity index (χ0) is 16.7. The summed E-state index contributed by atoms with van der Waals surface area (Å²) in [5.41, 5.74) is 6.41. The van der Waals surface area contributed by atoms with Crippen LogP contribution in [0.3, 0.4) is 0 Å². The second kappa shape index (κ2) is 5.74. The predicted octanol–water partition coefficient (Wildman–Crippen LogP) is 3.74. The summed E-state index contributed by atoms with van der Waals surface area (Å²) in [5, 5.41) is 15.7. The summed E-state index contributed by atoms with van der Waals surface area (Å²) in [6.45, 7) is 6.42. The molecule has 1 aliphatic heterocycles. The molecule has 0 saturated carbocycles. The lowest BCUT2D eigenvalue weighted by Crippen LogP contribution is -2.28. The number of benzene rings is 2. The van der Waals surface area contributed by atoms with Gasteiger partial charge in [0, 0.05) is 0 Å². The first-order valence-corrected chi connectivity index (χ1v) is 8.30. The van der Waals surface area contributed by atoms with Crippen molar-refractivity contribution in [2.45, 2.75) is 39.3 Å². The number of tetrazole rings is 1. The molecule has 0 bridgehead atoms. The quantitative estimate of drug-likeness (QED) is 0.781. The van der Waals surface area contributed by atoms with Crippen LogP contribution in [0.25, 0.3) is 0 Å². The molecule has 0 spiro atoms. The van der Waals surface area contributed by atoms with Crippen LogP contribution >= 0.6 is 0 Å². The third kappa shape index (κ3) is 2.56. The van der Waals surface area contributed by atoms with Crippen LogP contribution in [0.5, 0.6) is 0 Å². The molecule has 3 aromatic rings. The van der Waals surface area contributed by atoms with Crippen molar-refractivity contribution in [3.8, 4) is 0 Å². The lowest BCUT2D eigenvalue weighted by atomic mass is 9.91. The molecule has 0 aliphatic carbocycles. The van der Waals surface area contributed by atoms with Crippen LogP contribution < -0.4 is 5.32 Å². The van der Waals surface area contributed by atoms with E-state index in [0.29, 0.717) is 0 Å². The van der Waals surface area contributed by atoms with Gasteiger partial charge in [-0.3, -0.25) is 0 Å². The van der Waals surface area contributed by atoms with E-state index >= 15 is 0 Å². The van der Waals surface area contributed by atoms with Crippen LogP contribution in [0.1, 0.15) is 46.3 Å². The van der Waals surface area contributed by atoms with Crippen LogP contribution in [-0.4, -0.2) is 20.2 Å². The Morgan fingerprint density at radius 1 is 1.00 bits per heavy atom. The van der Waals surface area contributed by atoms with E-state index < -0.39 is 0 Å². The van der Waals surface area contributed by atoms with Gasteiger partial charge < -0.3 is 5.32 Å². The zero-order valence-electron chi connectivity index (χ0n) is 14.2. The highest BCUT2D eigenvalue weighted by atomic mass is 15.6. The first kappa shape index (κ1) is 14.9. The summed E-state index contributed by atoms with van der Waals surface area (Å²) in [6.07, 6.45) is 0.921. The molecule has 122 valence electrons. The number of fused-ring (bicyclic) bond motifs is 1. The van der Waals surface area contributed by atoms with E-state index in [9.17, 15) is 0 Å². The molecule has 1 aromatic heterocycles. The first-order valence-electron chi connectivity index (χ1n) is 8.30. The molecule has 4 rings (SSSR count). The topological polar surface area (TPSA) is 55.6 Å². The molecule has 0 fully saturated rings. The third-order valence-corrected chi connectivity index (χ3v) is 4.91. The number of rotatable bonds is 2. The zero-order valence-corrected chi connectivity index (χ0v) is 14.2. The highest BCUT2D eigenvalue weighted by molar-refractivity contribution is 5.40. The molecule has 2 atom stereocenters. The van der Waals surface area contributed by atoms with Crippen molar-refractivity contribution in [2.75, 3.05) is 5.32 Å². The average Bonchev–Trinajstić information content (AvgIpc) is 3.05. The highest BCUT2D eigenvalue weighted by Gasteiger charge is 2.30. The summed E-state index contributed by atoms with van der Waals surface area (Å²) in [4.78, 5) is 0. The summed E-state index contributed by atoms with van der Waals surface area (Å²) in [7, 11) is 0. The molecule has 1 N–H and O–H groups in total. The van der Waals surface area contributed by atoms with Crippen molar-refractivity contribution >= 4 is 5.95 Å². The summed E-state index contributed by atoms with van der Waals surface area (Å²) in [6, 6.07) is 15.6. The fraction of sp³-hybridized carbons (Fsp3) is 0.316. The summed E-state index contributed by atoms with van der Waals surface area (Å²) < 4.78 is 1.90. The van der Waals surface area contributed by atoms with E-state index in [1.807, 2.05) is 4.68 Å². The molecule has 2 aromatic carbocycles. The van der Waals surface area contributed by atoms with Gasteiger partial charge in [-0.15, -0.1) is 0 Å². The molecule has 0 amide bonds. The fourth-order valence-electron chi connectivity index (χ4n) is 3.39. The minimum absolute atomic E-state index is 0.141. The van der Waals surface area contributed by atoms with Gasteiger partial charge in [-0.25, -0.2) is 4.68 Å². The normalized spacial score (nSPS) is 19.6. The maximum Gasteiger partial charge on any atom is 0.243 e. The lowest BCUT2D eigenvalue weighted by Gasteiger charge is -2.31. The van der Waals surface area contributed by atoms with Gasteiger partial charge in [-0.1, -0.05) is 53.1 Å². The Morgan fingerprint density at radius 3 is 2.67 bits per heavy atom. The Hall–Kier alpha value is -2.69. The van der Waals surface area contributed by atoms with Gasteiger partial charge in [0.1, 0.15) is 0 Å². The standard InChI is InChI=1S/C19H21N5/c1-12-5-4-6-16(9-12)18-11-17(20-19-21-22-23-24(18)19)15-8-7-13(2)14(3)10-15/h4-10,17-18H,11H2,1-3H3,(H,20,21,23). The molecule has 0 radical (unpaired) electrons. The number of hydrogen-bond donors (Lipinski definition) is 1. The van der Waals surface area contributed by atoms with E-state index in [-0.39, 0.29) is 12.1 Å². The third-order valence-electron chi connectivity index (χ3n) is 4.91. The Labute approximate surface area is 141 Å². The number of aryl methyl sites for hydroxylation is 3. The van der Waals surface area contributed by atoms with Crippen LogP contribution in [-0.2, 0) is 0 Å². The molecular weight excluding hydrogens is 298 g/mol. The number of nitrogens with one attached hydrogen (secondary N) is 1. The summed E-state index contributed by atoms with van der Waals surface area (Å²) >= 11 is 0. The van der Waals surface area contributed by atoms with Crippen LogP contribution in [0.2, 0.25) is 0 Å².